The summed E-state index contributed by atoms with van der Waals surface area (Å²) in [4.78, 5) is 24.2. The molecule has 1 saturated heterocycles. The highest BCUT2D eigenvalue weighted by atomic mass is 19.4. The van der Waals surface area contributed by atoms with E-state index in [1.165, 1.54) is 12.1 Å². The Morgan fingerprint density at radius 2 is 1.97 bits per heavy atom. The van der Waals surface area contributed by atoms with Gasteiger partial charge in [-0.3, -0.25) is 9.59 Å². The summed E-state index contributed by atoms with van der Waals surface area (Å²) in [5, 5.41) is 14.3. The molecule has 1 fully saturated rings. The molecular formula is C24H22F3N3O4. The van der Waals surface area contributed by atoms with Crippen molar-refractivity contribution in [2.24, 2.45) is 0 Å². The highest BCUT2D eigenvalue weighted by molar-refractivity contribution is 6.09. The minimum Gasteiger partial charge on any atom is -0.484 e. The SMILES string of the molecule is N#C/C(=C\c1ccc(OCC(=O)NC[C@H]2CCCO2)cc1)C(=O)Nc1cccc(C(F)(F)F)c1. The van der Waals surface area contributed by atoms with Gasteiger partial charge in [-0.25, -0.2) is 0 Å². The van der Waals surface area contributed by atoms with Crippen LogP contribution in [0.1, 0.15) is 24.0 Å². The molecule has 2 aromatic carbocycles. The number of halogens is 3. The second-order valence-electron chi connectivity index (χ2n) is 7.50. The maximum Gasteiger partial charge on any atom is 0.416 e. The Balaban J connectivity index is 1.55. The minimum atomic E-state index is -4.55. The minimum absolute atomic E-state index is 0.0372. The molecule has 7 nitrogen and oxygen atoms in total. The molecule has 34 heavy (non-hydrogen) atoms. The Bertz CT molecular complexity index is 1090. The molecule has 10 heteroatoms. The standard InChI is InChI=1S/C24H22F3N3O4/c25-24(26,27)18-3-1-4-19(12-18)30-23(32)17(13-28)11-16-6-8-20(9-7-16)34-15-22(31)29-14-21-5-2-10-33-21/h1,3-4,6-9,11-12,21H,2,5,10,14-15H2,(H,29,31)(H,30,32)/b17-11+/t21-/m1/s1. The molecule has 1 heterocycles. The molecule has 0 unspecified atom stereocenters. The topological polar surface area (TPSA) is 100 Å². The molecule has 2 aromatic rings. The van der Waals surface area contributed by atoms with Crippen molar-refractivity contribution in [2.45, 2.75) is 25.1 Å². The number of hydrogen-bond donors (Lipinski definition) is 2. The van der Waals surface area contributed by atoms with Crippen molar-refractivity contribution < 1.29 is 32.2 Å². The number of nitrogens with one attached hydrogen (secondary N) is 2. The zero-order valence-electron chi connectivity index (χ0n) is 18.0. The van der Waals surface area contributed by atoms with E-state index in [-0.39, 0.29) is 29.9 Å². The molecule has 0 aliphatic carbocycles. The average Bonchev–Trinajstić information content (AvgIpc) is 3.34. The van der Waals surface area contributed by atoms with Crippen LogP contribution < -0.4 is 15.4 Å². The fourth-order valence-corrected chi connectivity index (χ4v) is 3.18. The number of carbonyl (C=O) groups excluding carboxylic acids is 2. The molecule has 0 saturated carbocycles. The summed E-state index contributed by atoms with van der Waals surface area (Å²) in [7, 11) is 0. The van der Waals surface area contributed by atoms with Gasteiger partial charge < -0.3 is 20.1 Å². The van der Waals surface area contributed by atoms with E-state index >= 15 is 0 Å². The monoisotopic (exact) mass is 473 g/mol. The van der Waals surface area contributed by atoms with E-state index in [9.17, 15) is 28.0 Å². The molecule has 1 aliphatic rings. The molecule has 1 aliphatic heterocycles. The van der Waals surface area contributed by atoms with Gasteiger partial charge in [0.2, 0.25) is 0 Å². The van der Waals surface area contributed by atoms with Crippen molar-refractivity contribution in [3.63, 3.8) is 0 Å². The Morgan fingerprint density at radius 3 is 2.62 bits per heavy atom. The van der Waals surface area contributed by atoms with Crippen LogP contribution in [0.4, 0.5) is 18.9 Å². The first kappa shape index (κ1) is 24.8. The number of ether oxygens (including phenoxy) is 2. The first-order chi connectivity index (χ1) is 16.2. The predicted octanol–water partition coefficient (Wildman–Crippen LogP) is 3.93. The van der Waals surface area contributed by atoms with E-state index in [4.69, 9.17) is 9.47 Å². The van der Waals surface area contributed by atoms with Gasteiger partial charge in [-0.05, 0) is 54.8 Å². The van der Waals surface area contributed by atoms with Gasteiger partial charge in [0.15, 0.2) is 6.61 Å². The van der Waals surface area contributed by atoms with Crippen molar-refractivity contribution >= 4 is 23.6 Å². The number of anilines is 1. The maximum absolute atomic E-state index is 12.8. The maximum atomic E-state index is 12.8. The summed E-state index contributed by atoms with van der Waals surface area (Å²) >= 11 is 0. The van der Waals surface area contributed by atoms with Crippen LogP contribution in [0.2, 0.25) is 0 Å². The van der Waals surface area contributed by atoms with Crippen molar-refractivity contribution in [3.8, 4) is 11.8 Å². The van der Waals surface area contributed by atoms with E-state index < -0.39 is 17.6 Å². The summed E-state index contributed by atoms with van der Waals surface area (Å²) in [5.41, 5.74) is -0.795. The first-order valence-electron chi connectivity index (χ1n) is 10.5. The second-order valence-corrected chi connectivity index (χ2v) is 7.50. The fourth-order valence-electron chi connectivity index (χ4n) is 3.18. The summed E-state index contributed by atoms with van der Waals surface area (Å²) in [6.07, 6.45) is -1.32. The van der Waals surface area contributed by atoms with Crippen LogP contribution in [0.3, 0.4) is 0 Å². The van der Waals surface area contributed by atoms with E-state index in [1.54, 1.807) is 30.3 Å². The summed E-state index contributed by atoms with van der Waals surface area (Å²) in [5.74, 6) is -0.709. The molecule has 2 N–H and O–H groups in total. The quantitative estimate of drug-likeness (QED) is 0.447. The van der Waals surface area contributed by atoms with Gasteiger partial charge in [0.25, 0.3) is 11.8 Å². The molecule has 178 valence electrons. The van der Waals surface area contributed by atoms with Crippen molar-refractivity contribution in [1.82, 2.24) is 5.32 Å². The van der Waals surface area contributed by atoms with Crippen LogP contribution in [0.25, 0.3) is 6.08 Å². The number of nitrogens with zero attached hydrogens (tertiary/aromatic N) is 1. The molecule has 2 amide bonds. The third-order valence-electron chi connectivity index (χ3n) is 4.92. The molecule has 0 bridgehead atoms. The van der Waals surface area contributed by atoms with Gasteiger partial charge in [0, 0.05) is 18.8 Å². The van der Waals surface area contributed by atoms with Crippen molar-refractivity contribution in [1.29, 1.82) is 5.26 Å². The molecule has 3 rings (SSSR count). The van der Waals surface area contributed by atoms with Crippen LogP contribution >= 0.6 is 0 Å². The lowest BCUT2D eigenvalue weighted by atomic mass is 10.1. The van der Waals surface area contributed by atoms with E-state index in [0.717, 1.165) is 31.0 Å². The van der Waals surface area contributed by atoms with E-state index in [1.807, 2.05) is 0 Å². The van der Waals surface area contributed by atoms with Crippen molar-refractivity contribution in [2.75, 3.05) is 25.1 Å². The zero-order valence-corrected chi connectivity index (χ0v) is 18.0. The van der Waals surface area contributed by atoms with Gasteiger partial charge in [-0.15, -0.1) is 0 Å². The highest BCUT2D eigenvalue weighted by Crippen LogP contribution is 2.30. The Morgan fingerprint density at radius 1 is 1.21 bits per heavy atom. The average molecular weight is 473 g/mol. The number of rotatable bonds is 8. The summed E-state index contributed by atoms with van der Waals surface area (Å²) < 4.78 is 49.4. The number of carbonyl (C=O) groups is 2. The van der Waals surface area contributed by atoms with Crippen LogP contribution in [0.15, 0.2) is 54.1 Å². The Kier molecular flexibility index (Phi) is 8.27. The van der Waals surface area contributed by atoms with Crippen LogP contribution in [0.5, 0.6) is 5.75 Å². The van der Waals surface area contributed by atoms with E-state index in [0.29, 0.717) is 24.5 Å². The van der Waals surface area contributed by atoms with Gasteiger partial charge in [-0.1, -0.05) is 18.2 Å². The number of benzene rings is 2. The number of amides is 2. The Hall–Kier alpha value is -3.84. The molecule has 1 atom stereocenters. The van der Waals surface area contributed by atoms with Crippen LogP contribution in [0, 0.1) is 11.3 Å². The number of hydrogen-bond acceptors (Lipinski definition) is 5. The highest BCUT2D eigenvalue weighted by Gasteiger charge is 2.30. The number of alkyl halides is 3. The third-order valence-corrected chi connectivity index (χ3v) is 4.92. The van der Waals surface area contributed by atoms with Crippen LogP contribution in [-0.2, 0) is 20.5 Å². The van der Waals surface area contributed by atoms with E-state index in [2.05, 4.69) is 10.6 Å². The van der Waals surface area contributed by atoms with Gasteiger partial charge in [0.1, 0.15) is 17.4 Å². The molecular weight excluding hydrogens is 451 g/mol. The smallest absolute Gasteiger partial charge is 0.416 e. The van der Waals surface area contributed by atoms with Crippen molar-refractivity contribution in [3.05, 3.63) is 65.2 Å². The zero-order chi connectivity index (χ0) is 24.6. The second kappa shape index (κ2) is 11.3. The van der Waals surface area contributed by atoms with Gasteiger partial charge in [-0.2, -0.15) is 18.4 Å². The van der Waals surface area contributed by atoms with Gasteiger partial charge >= 0.3 is 6.18 Å². The normalized spacial score (nSPS) is 15.9. The fraction of sp³-hybridized carbons (Fsp3) is 0.292. The van der Waals surface area contributed by atoms with Gasteiger partial charge in [0.05, 0.1) is 11.7 Å². The first-order valence-corrected chi connectivity index (χ1v) is 10.5. The predicted molar refractivity (Wildman–Crippen MR) is 118 cm³/mol. The largest absolute Gasteiger partial charge is 0.484 e. The molecule has 0 radical (unpaired) electrons. The molecule has 0 spiro atoms. The van der Waals surface area contributed by atoms with Crippen LogP contribution in [-0.4, -0.2) is 37.7 Å². The lowest BCUT2D eigenvalue weighted by Gasteiger charge is -2.11. The summed E-state index contributed by atoms with van der Waals surface area (Å²) in [6.45, 7) is 0.967. The third kappa shape index (κ3) is 7.35. The molecule has 0 aromatic heterocycles. The summed E-state index contributed by atoms with van der Waals surface area (Å²) in [6, 6.07) is 12.2. The lowest BCUT2D eigenvalue weighted by Crippen LogP contribution is -2.35. The Labute approximate surface area is 194 Å². The number of nitriles is 1. The lowest BCUT2D eigenvalue weighted by molar-refractivity contribution is -0.137.